The fourth-order valence-corrected chi connectivity index (χ4v) is 2.94. The van der Waals surface area contributed by atoms with Crippen LogP contribution >= 0.6 is 0 Å². The quantitative estimate of drug-likeness (QED) is 0.901. The Labute approximate surface area is 126 Å². The topological polar surface area (TPSA) is 29.5 Å². The lowest BCUT2D eigenvalue weighted by molar-refractivity contribution is 0.0657. The van der Waals surface area contributed by atoms with Crippen molar-refractivity contribution in [1.82, 2.24) is 0 Å². The number of para-hydroxylation sites is 1. The van der Waals surface area contributed by atoms with E-state index in [1.165, 1.54) is 5.56 Å². The minimum absolute atomic E-state index is 0.0667. The van der Waals surface area contributed by atoms with Gasteiger partial charge in [0.05, 0.1) is 6.10 Å². The number of aliphatic hydroxyl groups is 1. The van der Waals surface area contributed by atoms with E-state index in [2.05, 4.69) is 38.1 Å². The summed E-state index contributed by atoms with van der Waals surface area (Å²) in [5.41, 5.74) is 3.38. The lowest BCUT2D eigenvalue weighted by Gasteiger charge is -2.30. The Hall–Kier alpha value is -1.80. The van der Waals surface area contributed by atoms with E-state index in [1.807, 2.05) is 24.3 Å². The highest BCUT2D eigenvalue weighted by Crippen LogP contribution is 2.40. The monoisotopic (exact) mass is 282 g/mol. The smallest absolute Gasteiger partial charge is 0.127 e. The normalized spacial score (nSPS) is 21.0. The predicted molar refractivity (Wildman–Crippen MR) is 84.4 cm³/mol. The molecule has 0 fully saturated rings. The minimum atomic E-state index is -0.449. The molecule has 2 aromatic carbocycles. The van der Waals surface area contributed by atoms with E-state index in [9.17, 15) is 5.11 Å². The molecule has 2 heteroatoms. The maximum Gasteiger partial charge on any atom is 0.127 e. The zero-order chi connectivity index (χ0) is 14.8. The summed E-state index contributed by atoms with van der Waals surface area (Å²) in [6.07, 6.45) is 1.19. The second-order valence-corrected chi connectivity index (χ2v) is 6.24. The van der Waals surface area contributed by atoms with E-state index in [0.29, 0.717) is 12.3 Å². The fraction of sp³-hybridized carbons (Fsp3) is 0.368. The van der Waals surface area contributed by atoms with Crippen molar-refractivity contribution >= 4 is 0 Å². The zero-order valence-electron chi connectivity index (χ0n) is 12.6. The summed E-state index contributed by atoms with van der Waals surface area (Å²) in [6.45, 7) is 4.46. The van der Waals surface area contributed by atoms with Crippen molar-refractivity contribution in [2.24, 2.45) is 5.92 Å². The number of ether oxygens (including phenoxy) is 1. The molecule has 110 valence electrons. The van der Waals surface area contributed by atoms with Gasteiger partial charge in [-0.1, -0.05) is 56.3 Å². The van der Waals surface area contributed by atoms with E-state index >= 15 is 0 Å². The molecule has 21 heavy (non-hydrogen) atoms. The van der Waals surface area contributed by atoms with Crippen molar-refractivity contribution in [3.8, 4) is 5.75 Å². The van der Waals surface area contributed by atoms with Crippen LogP contribution in [0.1, 0.15) is 49.2 Å². The van der Waals surface area contributed by atoms with Crippen molar-refractivity contribution in [2.45, 2.75) is 38.9 Å². The molecule has 1 aliphatic rings. The van der Waals surface area contributed by atoms with Gasteiger partial charge in [-0.15, -0.1) is 0 Å². The summed E-state index contributed by atoms with van der Waals surface area (Å²) < 4.78 is 6.05. The van der Waals surface area contributed by atoms with Gasteiger partial charge in [0, 0.05) is 12.0 Å². The molecule has 2 nitrogen and oxygen atoms in total. The molecule has 0 bridgehead atoms. The van der Waals surface area contributed by atoms with Gasteiger partial charge in [0.25, 0.3) is 0 Å². The number of fused-ring (bicyclic) bond motifs is 1. The van der Waals surface area contributed by atoms with Crippen LogP contribution < -0.4 is 4.74 Å². The van der Waals surface area contributed by atoms with Gasteiger partial charge >= 0.3 is 0 Å². The molecule has 2 atom stereocenters. The first-order valence-corrected chi connectivity index (χ1v) is 7.66. The van der Waals surface area contributed by atoms with Crippen LogP contribution in [-0.2, 0) is 6.42 Å². The van der Waals surface area contributed by atoms with Crippen LogP contribution in [0.4, 0.5) is 0 Å². The summed E-state index contributed by atoms with van der Waals surface area (Å²) in [5.74, 6) is 1.46. The van der Waals surface area contributed by atoms with Crippen LogP contribution in [0.5, 0.6) is 5.75 Å². The molecule has 0 spiro atoms. The Morgan fingerprint density at radius 1 is 1.10 bits per heavy atom. The molecule has 0 amide bonds. The second kappa shape index (κ2) is 5.90. The average Bonchev–Trinajstić information content (AvgIpc) is 2.47. The second-order valence-electron chi connectivity index (χ2n) is 6.24. The number of aliphatic hydroxyl groups excluding tert-OH is 1. The summed E-state index contributed by atoms with van der Waals surface area (Å²) in [6, 6.07) is 16.3. The summed E-state index contributed by atoms with van der Waals surface area (Å²) in [5, 5.41) is 10.3. The van der Waals surface area contributed by atoms with E-state index in [1.54, 1.807) is 0 Å². The Balaban J connectivity index is 1.79. The van der Waals surface area contributed by atoms with Gasteiger partial charge in [0.15, 0.2) is 0 Å². The Kier molecular flexibility index (Phi) is 3.98. The van der Waals surface area contributed by atoms with E-state index in [-0.39, 0.29) is 6.10 Å². The van der Waals surface area contributed by atoms with Crippen molar-refractivity contribution in [3.05, 3.63) is 65.2 Å². The Morgan fingerprint density at radius 2 is 1.81 bits per heavy atom. The highest BCUT2D eigenvalue weighted by molar-refractivity contribution is 5.38. The lowest BCUT2D eigenvalue weighted by Crippen LogP contribution is -2.18. The van der Waals surface area contributed by atoms with Crippen LogP contribution in [0.3, 0.4) is 0 Å². The SMILES string of the molecule is CC(C)Cc1ccc(C2CC(O)c3ccccc3O2)cc1. The molecular weight excluding hydrogens is 260 g/mol. The van der Waals surface area contributed by atoms with E-state index < -0.39 is 6.10 Å². The highest BCUT2D eigenvalue weighted by atomic mass is 16.5. The first-order valence-electron chi connectivity index (χ1n) is 7.66. The zero-order valence-corrected chi connectivity index (χ0v) is 12.6. The largest absolute Gasteiger partial charge is 0.485 e. The maximum atomic E-state index is 10.3. The van der Waals surface area contributed by atoms with Crippen LogP contribution in [0, 0.1) is 5.92 Å². The lowest BCUT2D eigenvalue weighted by atomic mass is 9.94. The average molecular weight is 282 g/mol. The van der Waals surface area contributed by atoms with Crippen molar-refractivity contribution in [1.29, 1.82) is 0 Å². The molecule has 0 radical (unpaired) electrons. The van der Waals surface area contributed by atoms with E-state index in [0.717, 1.165) is 23.3 Å². The molecule has 3 rings (SSSR count). The molecule has 2 aromatic rings. The maximum absolute atomic E-state index is 10.3. The third-order valence-corrected chi connectivity index (χ3v) is 3.98. The van der Waals surface area contributed by atoms with E-state index in [4.69, 9.17) is 4.74 Å². The van der Waals surface area contributed by atoms with Gasteiger partial charge in [-0.25, -0.2) is 0 Å². The molecule has 1 aliphatic heterocycles. The van der Waals surface area contributed by atoms with Crippen molar-refractivity contribution in [2.75, 3.05) is 0 Å². The summed E-state index contributed by atoms with van der Waals surface area (Å²) in [4.78, 5) is 0. The third kappa shape index (κ3) is 3.11. The number of rotatable bonds is 3. The number of hydrogen-bond donors (Lipinski definition) is 1. The molecule has 0 saturated heterocycles. The molecule has 1 heterocycles. The molecule has 0 saturated carbocycles. The highest BCUT2D eigenvalue weighted by Gasteiger charge is 2.27. The standard InChI is InChI=1S/C19H22O2/c1-13(2)11-14-7-9-15(10-8-14)19-12-17(20)16-5-3-4-6-18(16)21-19/h3-10,13,17,19-20H,11-12H2,1-2H3. The number of benzene rings is 2. The molecule has 0 aliphatic carbocycles. The molecular formula is C19H22O2. The first kappa shape index (κ1) is 14.2. The first-order chi connectivity index (χ1) is 10.1. The van der Waals surface area contributed by atoms with Crippen molar-refractivity contribution in [3.63, 3.8) is 0 Å². The van der Waals surface area contributed by atoms with Gasteiger partial charge in [0.1, 0.15) is 11.9 Å². The van der Waals surface area contributed by atoms with Crippen molar-refractivity contribution < 1.29 is 9.84 Å². The predicted octanol–water partition coefficient (Wildman–Crippen LogP) is 4.44. The van der Waals surface area contributed by atoms with Crippen LogP contribution in [0.15, 0.2) is 48.5 Å². The minimum Gasteiger partial charge on any atom is -0.485 e. The van der Waals surface area contributed by atoms with Gasteiger partial charge in [-0.3, -0.25) is 0 Å². The van der Waals surface area contributed by atoms with Crippen LogP contribution in [0.2, 0.25) is 0 Å². The molecule has 1 N–H and O–H groups in total. The van der Waals surface area contributed by atoms with Gasteiger partial charge in [-0.2, -0.15) is 0 Å². The van der Waals surface area contributed by atoms with Gasteiger partial charge in [-0.05, 0) is 29.5 Å². The molecule has 0 aromatic heterocycles. The van der Waals surface area contributed by atoms with Gasteiger partial charge < -0.3 is 9.84 Å². The van der Waals surface area contributed by atoms with Gasteiger partial charge in [0.2, 0.25) is 0 Å². The Morgan fingerprint density at radius 3 is 2.52 bits per heavy atom. The Bertz CT molecular complexity index is 601. The number of hydrogen-bond acceptors (Lipinski definition) is 2. The molecule has 2 unspecified atom stereocenters. The fourth-order valence-electron chi connectivity index (χ4n) is 2.94. The summed E-state index contributed by atoms with van der Waals surface area (Å²) in [7, 11) is 0. The summed E-state index contributed by atoms with van der Waals surface area (Å²) >= 11 is 0. The van der Waals surface area contributed by atoms with Crippen LogP contribution in [-0.4, -0.2) is 5.11 Å². The van der Waals surface area contributed by atoms with Crippen LogP contribution in [0.25, 0.3) is 0 Å². The third-order valence-electron chi connectivity index (χ3n) is 3.98.